The number of rotatable bonds is 0. The van der Waals surface area contributed by atoms with Crippen LogP contribution in [0.3, 0.4) is 0 Å². The fourth-order valence-electron chi connectivity index (χ4n) is 1.09. The quantitative estimate of drug-likeness (QED) is 0.704. The Morgan fingerprint density at radius 2 is 2.00 bits per heavy atom. The lowest BCUT2D eigenvalue weighted by atomic mass is 10.3. The van der Waals surface area contributed by atoms with Crippen LogP contribution in [0.2, 0.25) is 0 Å². The molecule has 12 heavy (non-hydrogen) atoms. The predicted octanol–water partition coefficient (Wildman–Crippen LogP) is 1.15. The third-order valence-corrected chi connectivity index (χ3v) is 2.62. The highest BCUT2D eigenvalue weighted by Crippen LogP contribution is 2.11. The van der Waals surface area contributed by atoms with Crippen LogP contribution in [-0.2, 0) is 4.79 Å². The molecule has 0 bridgehead atoms. The zero-order chi connectivity index (χ0) is 8.72. The van der Waals surface area contributed by atoms with Gasteiger partial charge in [0.25, 0.3) is 5.91 Å². The van der Waals surface area contributed by atoms with Crippen LogP contribution in [0, 0.1) is 0 Å². The highest BCUT2D eigenvalue weighted by atomic mass is 79.9. The number of fused-ring (bicyclic) bond motifs is 1. The summed E-state index contributed by atoms with van der Waals surface area (Å²) in [7, 11) is 0. The van der Waals surface area contributed by atoms with Gasteiger partial charge in [-0.1, -0.05) is 15.9 Å². The SMILES string of the molecule is O=C1C=c2cc(Br)cc(Br)c2=N1. The zero-order valence-corrected chi connectivity index (χ0v) is 9.02. The van der Waals surface area contributed by atoms with Crippen LogP contribution in [0.4, 0.5) is 0 Å². The summed E-state index contributed by atoms with van der Waals surface area (Å²) in [4.78, 5) is 14.7. The maximum Gasteiger partial charge on any atom is 0.270 e. The van der Waals surface area contributed by atoms with Crippen LogP contribution in [0.25, 0.3) is 6.08 Å². The summed E-state index contributed by atoms with van der Waals surface area (Å²) in [6.45, 7) is 0. The minimum Gasteiger partial charge on any atom is -0.267 e. The van der Waals surface area contributed by atoms with E-state index >= 15 is 0 Å². The van der Waals surface area contributed by atoms with E-state index in [2.05, 4.69) is 36.9 Å². The molecule has 0 radical (unpaired) electrons. The molecule has 0 atom stereocenters. The van der Waals surface area contributed by atoms with Gasteiger partial charge in [-0.05, 0) is 28.1 Å². The number of benzene rings is 1. The van der Waals surface area contributed by atoms with E-state index in [0.29, 0.717) is 0 Å². The van der Waals surface area contributed by atoms with E-state index in [4.69, 9.17) is 0 Å². The minimum absolute atomic E-state index is 0.191. The molecular formula is C8H3Br2NO. The van der Waals surface area contributed by atoms with Crippen molar-refractivity contribution in [2.45, 2.75) is 0 Å². The van der Waals surface area contributed by atoms with E-state index < -0.39 is 0 Å². The average Bonchev–Trinajstić information content (AvgIpc) is 2.29. The molecule has 1 aromatic carbocycles. The molecule has 0 aromatic heterocycles. The van der Waals surface area contributed by atoms with E-state index in [1.165, 1.54) is 6.08 Å². The van der Waals surface area contributed by atoms with Gasteiger partial charge in [0.15, 0.2) is 0 Å². The smallest absolute Gasteiger partial charge is 0.267 e. The van der Waals surface area contributed by atoms with Gasteiger partial charge in [0.05, 0.1) is 5.36 Å². The van der Waals surface area contributed by atoms with Crippen molar-refractivity contribution in [3.05, 3.63) is 31.7 Å². The van der Waals surface area contributed by atoms with Crippen molar-refractivity contribution in [3.8, 4) is 0 Å². The molecule has 1 heterocycles. The van der Waals surface area contributed by atoms with Crippen LogP contribution in [0.1, 0.15) is 0 Å². The summed E-state index contributed by atoms with van der Waals surface area (Å²) in [6.07, 6.45) is 1.52. The highest BCUT2D eigenvalue weighted by molar-refractivity contribution is 9.11. The summed E-state index contributed by atoms with van der Waals surface area (Å²) >= 11 is 6.66. The molecule has 0 spiro atoms. The molecule has 4 heteroatoms. The molecule has 0 saturated carbocycles. The Kier molecular flexibility index (Phi) is 1.88. The monoisotopic (exact) mass is 287 g/mol. The van der Waals surface area contributed by atoms with Crippen molar-refractivity contribution >= 4 is 43.8 Å². The topological polar surface area (TPSA) is 29.4 Å². The molecule has 0 unspecified atom stereocenters. The third kappa shape index (κ3) is 1.25. The molecule has 2 nitrogen and oxygen atoms in total. The number of halogens is 2. The Morgan fingerprint density at radius 3 is 2.75 bits per heavy atom. The molecule has 2 rings (SSSR count). The first-order valence-electron chi connectivity index (χ1n) is 3.26. The van der Waals surface area contributed by atoms with E-state index in [-0.39, 0.29) is 5.91 Å². The fourth-order valence-corrected chi connectivity index (χ4v) is 2.44. The number of hydrogen-bond acceptors (Lipinski definition) is 1. The average molecular weight is 289 g/mol. The standard InChI is InChI=1S/C8H3Br2NO/c9-5-1-4-2-7(12)11-8(4)6(10)3-5/h1-3H. The van der Waals surface area contributed by atoms with E-state index in [1.807, 2.05) is 12.1 Å². The summed E-state index contributed by atoms with van der Waals surface area (Å²) in [5.41, 5.74) is 0. The van der Waals surface area contributed by atoms with Crippen LogP contribution in [0.5, 0.6) is 0 Å². The van der Waals surface area contributed by atoms with E-state index in [1.54, 1.807) is 0 Å². The summed E-state index contributed by atoms with van der Waals surface area (Å²) in [5.74, 6) is -0.191. The maximum absolute atomic E-state index is 10.9. The molecule has 0 saturated heterocycles. The molecule has 60 valence electrons. The lowest BCUT2D eigenvalue weighted by molar-refractivity contribution is -0.112. The molecule has 0 fully saturated rings. The Bertz CT molecular complexity index is 479. The molecule has 1 amide bonds. The van der Waals surface area contributed by atoms with Gasteiger partial charge in [0.1, 0.15) is 0 Å². The molecular weight excluding hydrogens is 286 g/mol. The first-order valence-corrected chi connectivity index (χ1v) is 4.85. The van der Waals surface area contributed by atoms with E-state index in [9.17, 15) is 4.79 Å². The molecule has 1 aliphatic rings. The lowest BCUT2D eigenvalue weighted by Gasteiger charge is -1.90. The normalized spacial score (nSPS) is 13.7. The van der Waals surface area contributed by atoms with Crippen LogP contribution in [-0.4, -0.2) is 5.91 Å². The van der Waals surface area contributed by atoms with Crippen molar-refractivity contribution < 1.29 is 4.79 Å². The van der Waals surface area contributed by atoms with Crippen molar-refractivity contribution in [2.75, 3.05) is 0 Å². The summed E-state index contributed by atoms with van der Waals surface area (Å²) in [6, 6.07) is 3.74. The minimum atomic E-state index is -0.191. The largest absolute Gasteiger partial charge is 0.270 e. The molecule has 1 aliphatic heterocycles. The number of amides is 1. The Morgan fingerprint density at radius 1 is 1.25 bits per heavy atom. The Balaban J connectivity index is 2.95. The van der Waals surface area contributed by atoms with Crippen LogP contribution >= 0.6 is 31.9 Å². The number of carbonyl (C=O) groups is 1. The first-order chi connectivity index (χ1) is 5.66. The third-order valence-electron chi connectivity index (χ3n) is 1.56. The second kappa shape index (κ2) is 2.78. The molecule has 1 aromatic rings. The van der Waals surface area contributed by atoms with Crippen molar-refractivity contribution in [3.63, 3.8) is 0 Å². The van der Waals surface area contributed by atoms with Gasteiger partial charge in [-0.3, -0.25) is 4.79 Å². The van der Waals surface area contributed by atoms with Gasteiger partial charge in [0, 0.05) is 20.2 Å². The van der Waals surface area contributed by atoms with E-state index in [0.717, 1.165) is 19.5 Å². The highest BCUT2D eigenvalue weighted by Gasteiger charge is 2.06. The van der Waals surface area contributed by atoms with Crippen molar-refractivity contribution in [1.29, 1.82) is 0 Å². The number of hydrogen-bond donors (Lipinski definition) is 0. The van der Waals surface area contributed by atoms with Gasteiger partial charge in [0.2, 0.25) is 0 Å². The first kappa shape index (κ1) is 8.13. The summed E-state index contributed by atoms with van der Waals surface area (Å²) < 4.78 is 1.78. The second-order valence-corrected chi connectivity index (χ2v) is 4.19. The Hall–Kier alpha value is -0.480. The molecule has 0 N–H and O–H groups in total. The van der Waals surface area contributed by atoms with Crippen LogP contribution < -0.4 is 10.6 Å². The Labute approximate surface area is 85.3 Å². The van der Waals surface area contributed by atoms with Crippen molar-refractivity contribution in [1.82, 2.24) is 0 Å². The lowest BCUT2D eigenvalue weighted by Crippen LogP contribution is -2.22. The second-order valence-electron chi connectivity index (χ2n) is 2.42. The van der Waals surface area contributed by atoms with Gasteiger partial charge >= 0.3 is 0 Å². The molecule has 0 aliphatic carbocycles. The zero-order valence-electron chi connectivity index (χ0n) is 5.84. The van der Waals surface area contributed by atoms with Gasteiger partial charge in [-0.15, -0.1) is 0 Å². The van der Waals surface area contributed by atoms with Gasteiger partial charge in [-0.25, -0.2) is 4.99 Å². The fraction of sp³-hybridized carbons (Fsp3) is 0. The van der Waals surface area contributed by atoms with Crippen LogP contribution in [0.15, 0.2) is 26.1 Å². The van der Waals surface area contributed by atoms with Crippen molar-refractivity contribution in [2.24, 2.45) is 4.99 Å². The maximum atomic E-state index is 10.9. The number of carbonyl (C=O) groups excluding carboxylic acids is 1. The summed E-state index contributed by atoms with van der Waals surface area (Å²) in [5, 5.41) is 1.59. The number of nitrogens with zero attached hydrogens (tertiary/aromatic N) is 1. The van der Waals surface area contributed by atoms with Gasteiger partial charge in [-0.2, -0.15) is 0 Å². The van der Waals surface area contributed by atoms with Gasteiger partial charge < -0.3 is 0 Å². The predicted molar refractivity (Wildman–Crippen MR) is 52.1 cm³/mol.